The molecule has 0 heterocycles. The van der Waals surface area contributed by atoms with Gasteiger partial charge in [-0.15, -0.1) is 0 Å². The van der Waals surface area contributed by atoms with Gasteiger partial charge < -0.3 is 0 Å². The Morgan fingerprint density at radius 1 is 0.812 bits per heavy atom. The fourth-order valence-electron chi connectivity index (χ4n) is 3.06. The molecule has 0 saturated heterocycles. The summed E-state index contributed by atoms with van der Waals surface area (Å²) in [5, 5.41) is 0. The van der Waals surface area contributed by atoms with Crippen LogP contribution in [0.15, 0.2) is 0 Å². The van der Waals surface area contributed by atoms with Gasteiger partial charge >= 0.3 is 0 Å². The predicted molar refractivity (Wildman–Crippen MR) is 75.6 cm³/mol. The van der Waals surface area contributed by atoms with Crippen molar-refractivity contribution in [1.29, 1.82) is 0 Å². The van der Waals surface area contributed by atoms with Crippen LogP contribution in [0.4, 0.5) is 0 Å². The van der Waals surface area contributed by atoms with Crippen molar-refractivity contribution in [2.45, 2.75) is 75.2 Å². The van der Waals surface area contributed by atoms with E-state index in [0.29, 0.717) is 10.8 Å². The van der Waals surface area contributed by atoms with Crippen molar-refractivity contribution < 1.29 is 0 Å². The highest BCUT2D eigenvalue weighted by Crippen LogP contribution is 2.42. The lowest BCUT2D eigenvalue weighted by Crippen LogP contribution is -2.31. The zero-order valence-electron chi connectivity index (χ0n) is 13.1. The van der Waals surface area contributed by atoms with Gasteiger partial charge in [0, 0.05) is 0 Å². The number of rotatable bonds is 4. The van der Waals surface area contributed by atoms with Gasteiger partial charge in [0.05, 0.1) is 0 Å². The summed E-state index contributed by atoms with van der Waals surface area (Å²) < 4.78 is 0. The Balaban J connectivity index is 4.75. The van der Waals surface area contributed by atoms with Crippen LogP contribution in [0.1, 0.15) is 75.2 Å². The monoisotopic (exact) mass is 226 g/mol. The maximum atomic E-state index is 2.40. The molecule has 0 spiro atoms. The van der Waals surface area contributed by atoms with Crippen LogP contribution < -0.4 is 0 Å². The molecule has 0 aromatic rings. The second-order valence-electron chi connectivity index (χ2n) is 7.92. The summed E-state index contributed by atoms with van der Waals surface area (Å²) in [4.78, 5) is 0. The molecule has 2 unspecified atom stereocenters. The van der Waals surface area contributed by atoms with Crippen LogP contribution in [-0.2, 0) is 0 Å². The van der Waals surface area contributed by atoms with Gasteiger partial charge in [0.1, 0.15) is 0 Å². The minimum Gasteiger partial charge on any atom is -0.0651 e. The molecule has 0 nitrogen and oxygen atoms in total. The van der Waals surface area contributed by atoms with Crippen molar-refractivity contribution in [2.24, 2.45) is 28.6 Å². The van der Waals surface area contributed by atoms with Crippen LogP contribution in [-0.4, -0.2) is 0 Å². The van der Waals surface area contributed by atoms with Crippen molar-refractivity contribution in [3.63, 3.8) is 0 Å². The molecule has 98 valence electrons. The first-order valence-corrected chi connectivity index (χ1v) is 7.00. The molecule has 0 bridgehead atoms. The van der Waals surface area contributed by atoms with Gasteiger partial charge in [0.2, 0.25) is 0 Å². The highest BCUT2D eigenvalue weighted by molar-refractivity contribution is 4.83. The van der Waals surface area contributed by atoms with Gasteiger partial charge in [0.25, 0.3) is 0 Å². The Labute approximate surface area is 104 Å². The predicted octanol–water partition coefficient (Wildman–Crippen LogP) is 5.77. The third-order valence-electron chi connectivity index (χ3n) is 4.17. The van der Waals surface area contributed by atoms with Crippen molar-refractivity contribution in [3.05, 3.63) is 0 Å². The molecule has 0 aliphatic carbocycles. The third kappa shape index (κ3) is 4.89. The van der Waals surface area contributed by atoms with E-state index >= 15 is 0 Å². The van der Waals surface area contributed by atoms with Gasteiger partial charge in [-0.25, -0.2) is 0 Å². The van der Waals surface area contributed by atoms with E-state index in [1.165, 1.54) is 12.8 Å². The second-order valence-corrected chi connectivity index (χ2v) is 7.92. The van der Waals surface area contributed by atoms with Crippen molar-refractivity contribution >= 4 is 0 Å². The Hall–Kier alpha value is 0. The molecule has 0 fully saturated rings. The minimum absolute atomic E-state index is 0.437. The van der Waals surface area contributed by atoms with E-state index in [1.54, 1.807) is 0 Å². The molecule has 0 aromatic heterocycles. The van der Waals surface area contributed by atoms with Crippen LogP contribution >= 0.6 is 0 Å². The molecule has 0 aliphatic rings. The molecule has 0 radical (unpaired) electrons. The average molecular weight is 226 g/mol. The van der Waals surface area contributed by atoms with Gasteiger partial charge in [-0.1, -0.05) is 68.7 Å². The molecular formula is C16H34. The summed E-state index contributed by atoms with van der Waals surface area (Å²) in [7, 11) is 0. The Kier molecular flexibility index (Phi) is 5.56. The lowest BCUT2D eigenvalue weighted by atomic mass is 9.65. The van der Waals surface area contributed by atoms with Crippen molar-refractivity contribution in [3.8, 4) is 0 Å². The van der Waals surface area contributed by atoms with Gasteiger partial charge in [0.15, 0.2) is 0 Å². The first-order chi connectivity index (χ1) is 7.00. The normalized spacial score (nSPS) is 17.6. The standard InChI is InChI=1S/C16H34/c1-10-13(15(4,5)6)11-14(12(2)3)16(7,8)9/h12-14H,10-11H2,1-9H3. The molecule has 0 aliphatic heterocycles. The van der Waals surface area contributed by atoms with Gasteiger partial charge in [-0.2, -0.15) is 0 Å². The first kappa shape index (κ1) is 16.0. The molecule has 0 aromatic carbocycles. The number of hydrogen-bond acceptors (Lipinski definition) is 0. The first-order valence-electron chi connectivity index (χ1n) is 7.00. The minimum atomic E-state index is 0.437. The van der Waals surface area contributed by atoms with E-state index in [4.69, 9.17) is 0 Å². The van der Waals surface area contributed by atoms with E-state index < -0.39 is 0 Å². The topological polar surface area (TPSA) is 0 Å². The van der Waals surface area contributed by atoms with Crippen molar-refractivity contribution in [2.75, 3.05) is 0 Å². The zero-order chi connectivity index (χ0) is 13.1. The van der Waals surface area contributed by atoms with E-state index in [2.05, 4.69) is 62.3 Å². The third-order valence-corrected chi connectivity index (χ3v) is 4.17. The molecule has 0 amide bonds. The Morgan fingerprint density at radius 2 is 1.25 bits per heavy atom. The SMILES string of the molecule is CCC(CC(C(C)C)C(C)(C)C)C(C)(C)C. The quantitative estimate of drug-likeness (QED) is 0.571. The lowest BCUT2D eigenvalue weighted by Gasteiger charge is -2.40. The van der Waals surface area contributed by atoms with Gasteiger partial charge in [-0.3, -0.25) is 0 Å². The summed E-state index contributed by atoms with van der Waals surface area (Å²) in [6, 6.07) is 0. The molecule has 0 rings (SSSR count). The fourth-order valence-corrected chi connectivity index (χ4v) is 3.06. The van der Waals surface area contributed by atoms with E-state index in [-0.39, 0.29) is 0 Å². The molecule has 0 heteroatoms. The highest BCUT2D eigenvalue weighted by Gasteiger charge is 2.33. The van der Waals surface area contributed by atoms with Crippen LogP contribution in [0.25, 0.3) is 0 Å². The second kappa shape index (κ2) is 5.56. The van der Waals surface area contributed by atoms with Gasteiger partial charge in [-0.05, 0) is 35.0 Å². The van der Waals surface area contributed by atoms with Crippen LogP contribution in [0.5, 0.6) is 0 Å². The molecule has 2 atom stereocenters. The van der Waals surface area contributed by atoms with Crippen molar-refractivity contribution in [1.82, 2.24) is 0 Å². The molecular weight excluding hydrogens is 192 g/mol. The Bertz CT molecular complexity index is 187. The maximum absolute atomic E-state index is 2.40. The summed E-state index contributed by atoms with van der Waals surface area (Å²) >= 11 is 0. The number of hydrogen-bond donors (Lipinski definition) is 0. The fraction of sp³-hybridized carbons (Fsp3) is 1.00. The van der Waals surface area contributed by atoms with Crippen LogP contribution in [0.2, 0.25) is 0 Å². The maximum Gasteiger partial charge on any atom is -0.0339 e. The van der Waals surface area contributed by atoms with E-state index in [1.807, 2.05) is 0 Å². The van der Waals surface area contributed by atoms with Crippen LogP contribution in [0, 0.1) is 28.6 Å². The lowest BCUT2D eigenvalue weighted by molar-refractivity contribution is 0.0971. The highest BCUT2D eigenvalue weighted by atomic mass is 14.4. The summed E-state index contributed by atoms with van der Waals surface area (Å²) in [5.41, 5.74) is 0.889. The van der Waals surface area contributed by atoms with E-state index in [9.17, 15) is 0 Å². The smallest absolute Gasteiger partial charge is 0.0339 e. The average Bonchev–Trinajstić information content (AvgIpc) is 1.99. The Morgan fingerprint density at radius 3 is 1.44 bits per heavy atom. The van der Waals surface area contributed by atoms with E-state index in [0.717, 1.165) is 17.8 Å². The summed E-state index contributed by atoms with van der Waals surface area (Å²) in [6.07, 6.45) is 2.68. The molecule has 0 saturated carbocycles. The molecule has 0 N–H and O–H groups in total. The van der Waals surface area contributed by atoms with Crippen LogP contribution in [0.3, 0.4) is 0 Å². The molecule has 16 heavy (non-hydrogen) atoms. The summed E-state index contributed by atoms with van der Waals surface area (Å²) in [5.74, 6) is 2.46. The zero-order valence-corrected chi connectivity index (χ0v) is 13.1. The largest absolute Gasteiger partial charge is 0.0651 e. The summed E-state index contributed by atoms with van der Waals surface area (Å²) in [6.45, 7) is 21.5.